The van der Waals surface area contributed by atoms with Gasteiger partial charge in [0.25, 0.3) is 0 Å². The maximum atomic E-state index is 14.8. The van der Waals surface area contributed by atoms with Gasteiger partial charge in [0.05, 0.1) is 0 Å². The molecule has 6 rings (SSSR count). The molecular weight excluding hydrogens is 603 g/mol. The van der Waals surface area contributed by atoms with E-state index in [1.54, 1.807) is 24.6 Å². The van der Waals surface area contributed by atoms with Crippen LogP contribution in [0.1, 0.15) is 133 Å². The van der Waals surface area contributed by atoms with Crippen molar-refractivity contribution in [3.8, 4) is 11.1 Å². The van der Waals surface area contributed by atoms with Gasteiger partial charge in [0.1, 0.15) is 0 Å². The Hall–Kier alpha value is -3.00. The van der Waals surface area contributed by atoms with Gasteiger partial charge in [0.2, 0.25) is 0 Å². The van der Waals surface area contributed by atoms with Crippen LogP contribution in [-0.2, 0) is 12.8 Å². The van der Waals surface area contributed by atoms with Gasteiger partial charge in [-0.15, -0.1) is 0 Å². The highest BCUT2D eigenvalue weighted by atomic mass is 19.2. The van der Waals surface area contributed by atoms with Crippen LogP contribution in [0.25, 0.3) is 11.1 Å². The minimum Gasteiger partial charge on any atom is -0.203 e. The third-order valence-electron chi connectivity index (χ3n) is 13.0. The maximum Gasteiger partial charge on any atom is 0.166 e. The number of rotatable bonds is 11. The van der Waals surface area contributed by atoms with Crippen molar-refractivity contribution in [2.45, 2.75) is 131 Å². The molecule has 0 saturated heterocycles. The number of aryl methyl sites for hydroxylation is 3. The molecule has 4 unspecified atom stereocenters. The summed E-state index contributed by atoms with van der Waals surface area (Å²) in [5.74, 6) is 1.31. The second kappa shape index (κ2) is 15.1. The zero-order chi connectivity index (χ0) is 34.8. The molecule has 1 fully saturated rings. The van der Waals surface area contributed by atoms with E-state index in [1.807, 2.05) is 23.3 Å². The lowest BCUT2D eigenvalue weighted by atomic mass is 9.52. The van der Waals surface area contributed by atoms with Crippen LogP contribution in [0, 0.1) is 47.1 Å². The monoisotopic (exact) mass is 662 g/mol. The Labute approximate surface area is 296 Å². The van der Waals surface area contributed by atoms with Crippen LogP contribution in [-0.4, -0.2) is 0 Å². The fourth-order valence-electron chi connectivity index (χ4n) is 10.2. The van der Waals surface area contributed by atoms with E-state index in [0.717, 1.165) is 30.7 Å². The minimum absolute atomic E-state index is 0.0252. The molecule has 0 radical (unpaired) electrons. The molecule has 49 heavy (non-hydrogen) atoms. The first-order chi connectivity index (χ1) is 23.6. The molecule has 0 nitrogen and oxygen atoms in total. The van der Waals surface area contributed by atoms with Gasteiger partial charge in [-0.2, -0.15) is 0 Å². The lowest BCUT2D eigenvalue weighted by Crippen LogP contribution is -2.41. The summed E-state index contributed by atoms with van der Waals surface area (Å²) in [6.45, 7) is 13.7. The Balaban J connectivity index is 1.27. The molecule has 2 heteroatoms. The first-order valence-electron chi connectivity index (χ1n) is 19.7. The molecule has 3 aliphatic carbocycles. The van der Waals surface area contributed by atoms with Gasteiger partial charge in [-0.25, -0.2) is 8.78 Å². The van der Waals surface area contributed by atoms with E-state index >= 15 is 0 Å². The van der Waals surface area contributed by atoms with Gasteiger partial charge in [-0.1, -0.05) is 131 Å². The van der Waals surface area contributed by atoms with Crippen LogP contribution in [0.2, 0.25) is 0 Å². The van der Waals surface area contributed by atoms with E-state index in [0.29, 0.717) is 28.9 Å². The van der Waals surface area contributed by atoms with Crippen LogP contribution in [0.5, 0.6) is 0 Å². The third-order valence-corrected chi connectivity index (χ3v) is 13.0. The highest BCUT2D eigenvalue weighted by molar-refractivity contribution is 5.65. The normalized spacial score (nSPS) is 28.5. The average molecular weight is 663 g/mol. The zero-order valence-electron chi connectivity index (χ0n) is 31.2. The molecule has 0 aromatic heterocycles. The minimum atomic E-state index is -0.754. The van der Waals surface area contributed by atoms with E-state index < -0.39 is 11.6 Å². The molecule has 3 aromatic rings. The van der Waals surface area contributed by atoms with E-state index in [1.165, 1.54) is 75.3 Å². The summed E-state index contributed by atoms with van der Waals surface area (Å²) < 4.78 is 29.1. The summed E-state index contributed by atoms with van der Waals surface area (Å²) in [6.07, 6.45) is 21.3. The first kappa shape index (κ1) is 35.8. The molecule has 0 bridgehead atoms. The predicted molar refractivity (Wildman–Crippen MR) is 204 cm³/mol. The fourth-order valence-corrected chi connectivity index (χ4v) is 10.2. The first-order valence-corrected chi connectivity index (χ1v) is 19.7. The van der Waals surface area contributed by atoms with E-state index in [2.05, 4.69) is 83.2 Å². The highest BCUT2D eigenvalue weighted by Gasteiger charge is 2.48. The van der Waals surface area contributed by atoms with Crippen LogP contribution in [0.3, 0.4) is 0 Å². The van der Waals surface area contributed by atoms with Crippen molar-refractivity contribution >= 4 is 0 Å². The van der Waals surface area contributed by atoms with Gasteiger partial charge in [-0.05, 0) is 129 Å². The Bertz CT molecular complexity index is 1630. The number of halogens is 2. The second-order valence-corrected chi connectivity index (χ2v) is 16.4. The SMILES string of the molecule is CCCC1CCC(C2CCC(c3ccc(CC)cc3)CC2)C2=C1C(C)(CCC)C=CC2(C)CCc1ccc(-c2ccc(C)c(F)c2F)cc1. The molecule has 0 aliphatic heterocycles. The predicted octanol–water partition coefficient (Wildman–Crippen LogP) is 13.9. The molecule has 0 N–H and O–H groups in total. The number of hydrogen-bond acceptors (Lipinski definition) is 0. The Morgan fingerprint density at radius 2 is 1.31 bits per heavy atom. The second-order valence-electron chi connectivity index (χ2n) is 16.4. The van der Waals surface area contributed by atoms with E-state index in [9.17, 15) is 8.78 Å². The quantitative estimate of drug-likeness (QED) is 0.179. The molecule has 1 saturated carbocycles. The van der Waals surface area contributed by atoms with Gasteiger partial charge in [0.15, 0.2) is 11.6 Å². The van der Waals surface area contributed by atoms with Crippen molar-refractivity contribution in [2.75, 3.05) is 0 Å². The van der Waals surface area contributed by atoms with Crippen molar-refractivity contribution < 1.29 is 8.78 Å². The van der Waals surface area contributed by atoms with Crippen LogP contribution < -0.4 is 0 Å². The van der Waals surface area contributed by atoms with Crippen LogP contribution >= 0.6 is 0 Å². The van der Waals surface area contributed by atoms with Crippen molar-refractivity contribution in [3.05, 3.63) is 118 Å². The van der Waals surface area contributed by atoms with E-state index in [4.69, 9.17) is 0 Å². The lowest BCUT2D eigenvalue weighted by Gasteiger charge is -2.53. The van der Waals surface area contributed by atoms with Gasteiger partial charge in [0, 0.05) is 16.4 Å². The van der Waals surface area contributed by atoms with Gasteiger partial charge in [-0.3, -0.25) is 0 Å². The van der Waals surface area contributed by atoms with Gasteiger partial charge >= 0.3 is 0 Å². The fraction of sp³-hybridized carbons (Fsp3) is 0.532. The summed E-state index contributed by atoms with van der Waals surface area (Å²) in [4.78, 5) is 0. The number of allylic oxidation sites excluding steroid dienone is 4. The average Bonchev–Trinajstić information content (AvgIpc) is 3.12. The summed E-state index contributed by atoms with van der Waals surface area (Å²) in [5, 5.41) is 0. The Morgan fingerprint density at radius 1 is 0.653 bits per heavy atom. The van der Waals surface area contributed by atoms with Crippen LogP contribution in [0.15, 0.2) is 84.0 Å². The molecule has 0 heterocycles. The largest absolute Gasteiger partial charge is 0.203 e. The summed E-state index contributed by atoms with van der Waals surface area (Å²) in [6, 6.07) is 21.1. The summed E-state index contributed by atoms with van der Waals surface area (Å²) >= 11 is 0. The molecule has 4 atom stereocenters. The molecule has 3 aromatic carbocycles. The molecule has 0 amide bonds. The summed E-state index contributed by atoms with van der Waals surface area (Å²) in [5.41, 5.74) is 9.47. The molecule has 3 aliphatic rings. The Kier molecular flexibility index (Phi) is 11.0. The highest BCUT2D eigenvalue weighted by Crippen LogP contribution is 2.60. The van der Waals surface area contributed by atoms with Crippen molar-refractivity contribution in [1.82, 2.24) is 0 Å². The van der Waals surface area contributed by atoms with E-state index in [-0.39, 0.29) is 10.8 Å². The molecule has 0 spiro atoms. The number of benzene rings is 3. The van der Waals surface area contributed by atoms with Crippen molar-refractivity contribution in [1.29, 1.82) is 0 Å². The van der Waals surface area contributed by atoms with Crippen molar-refractivity contribution in [3.63, 3.8) is 0 Å². The van der Waals surface area contributed by atoms with Crippen molar-refractivity contribution in [2.24, 2.45) is 28.6 Å². The topological polar surface area (TPSA) is 0 Å². The summed E-state index contributed by atoms with van der Waals surface area (Å²) in [7, 11) is 0. The Morgan fingerprint density at radius 3 is 1.94 bits per heavy atom. The maximum absolute atomic E-state index is 14.8. The van der Waals surface area contributed by atoms with Gasteiger partial charge < -0.3 is 0 Å². The number of hydrogen-bond donors (Lipinski definition) is 0. The lowest BCUT2D eigenvalue weighted by molar-refractivity contribution is 0.178. The zero-order valence-corrected chi connectivity index (χ0v) is 31.2. The smallest absolute Gasteiger partial charge is 0.166 e. The standard InChI is InChI=1S/C47H60F2/c1-7-10-39-24-26-40(37-22-20-36(21-23-37)35-16-12-33(9-3)13-17-35)43-42(39)46(5,28-8-2)30-31-47(43,6)29-27-34-14-18-38(19-15-34)41-25-11-32(4)44(48)45(41)49/h11-19,25,30-31,36-37,39-40H,7-10,20-24,26-29H2,1-6H3. The molecule has 262 valence electrons. The van der Waals surface area contributed by atoms with Crippen LogP contribution in [0.4, 0.5) is 8.78 Å². The molecular formula is C47H60F2. The third kappa shape index (κ3) is 7.27.